The molecule has 78 valence electrons. The maximum atomic E-state index is 8.94. The number of nitrogens with one attached hydrogen (secondary N) is 1. The van der Waals surface area contributed by atoms with Crippen LogP contribution in [0.5, 0.6) is 0 Å². The van der Waals surface area contributed by atoms with Crippen LogP contribution in [0.15, 0.2) is 24.3 Å². The van der Waals surface area contributed by atoms with Gasteiger partial charge in [0.25, 0.3) is 0 Å². The molecule has 0 saturated heterocycles. The zero-order valence-corrected chi connectivity index (χ0v) is 8.91. The Morgan fingerprint density at radius 3 is 2.33 bits per heavy atom. The predicted molar refractivity (Wildman–Crippen MR) is 59.4 cm³/mol. The van der Waals surface area contributed by atoms with Crippen molar-refractivity contribution >= 4 is 0 Å². The summed E-state index contributed by atoms with van der Waals surface area (Å²) in [5.41, 5.74) is 4.05. The van der Waals surface area contributed by atoms with E-state index in [-0.39, 0.29) is 6.61 Å². The highest BCUT2D eigenvalue weighted by Gasteiger charge is 2.06. The van der Waals surface area contributed by atoms with E-state index in [0.717, 1.165) is 28.3 Å². The molecule has 0 unspecified atom stereocenters. The number of aliphatic hydroxyl groups excluding tert-OH is 1. The molecule has 0 fully saturated rings. The highest BCUT2D eigenvalue weighted by molar-refractivity contribution is 5.62. The van der Waals surface area contributed by atoms with Gasteiger partial charge in [0.1, 0.15) is 5.82 Å². The number of H-pyrrole nitrogens is 1. The van der Waals surface area contributed by atoms with E-state index in [4.69, 9.17) is 5.11 Å². The smallest absolute Gasteiger partial charge is 0.103 e. The molecule has 1 aromatic heterocycles. The molecule has 0 aliphatic carbocycles. The first-order valence-corrected chi connectivity index (χ1v) is 4.94. The fourth-order valence-corrected chi connectivity index (χ4v) is 1.66. The molecule has 2 N–H and O–H groups in total. The van der Waals surface area contributed by atoms with Crippen LogP contribution in [0, 0.1) is 13.8 Å². The van der Waals surface area contributed by atoms with Crippen molar-refractivity contribution in [3.05, 3.63) is 41.3 Å². The molecule has 2 rings (SSSR count). The summed E-state index contributed by atoms with van der Waals surface area (Å²) in [5, 5.41) is 8.94. The van der Waals surface area contributed by atoms with Gasteiger partial charge in [-0.3, -0.25) is 0 Å². The summed E-state index contributed by atoms with van der Waals surface area (Å²) < 4.78 is 0. The largest absolute Gasteiger partial charge is 0.392 e. The quantitative estimate of drug-likeness (QED) is 0.784. The Bertz CT molecular complexity index is 457. The molecule has 15 heavy (non-hydrogen) atoms. The van der Waals surface area contributed by atoms with Crippen LogP contribution in [0.3, 0.4) is 0 Å². The molecular formula is C12H14N2O. The standard InChI is InChI=1S/C12H14N2O/c1-8-12(14-9(2)13-8)11-5-3-10(7-15)4-6-11/h3-6,15H,7H2,1-2H3,(H,13,14). The highest BCUT2D eigenvalue weighted by atomic mass is 16.3. The van der Waals surface area contributed by atoms with Crippen LogP contribution in [-0.4, -0.2) is 15.1 Å². The first-order valence-electron chi connectivity index (χ1n) is 4.94. The van der Waals surface area contributed by atoms with Gasteiger partial charge in [-0.1, -0.05) is 24.3 Å². The summed E-state index contributed by atoms with van der Waals surface area (Å²) in [6, 6.07) is 7.79. The van der Waals surface area contributed by atoms with Crippen molar-refractivity contribution < 1.29 is 5.11 Å². The summed E-state index contributed by atoms with van der Waals surface area (Å²) in [5.74, 6) is 0.925. The number of rotatable bonds is 2. The first kappa shape index (κ1) is 9.93. The molecule has 0 bridgehead atoms. The van der Waals surface area contributed by atoms with Crippen molar-refractivity contribution in [2.75, 3.05) is 0 Å². The number of benzene rings is 1. The lowest BCUT2D eigenvalue weighted by molar-refractivity contribution is 0.282. The number of aliphatic hydroxyl groups is 1. The van der Waals surface area contributed by atoms with Crippen molar-refractivity contribution in [3.8, 4) is 11.3 Å². The Balaban J connectivity index is 2.41. The number of hydrogen-bond donors (Lipinski definition) is 2. The van der Waals surface area contributed by atoms with Gasteiger partial charge >= 0.3 is 0 Å². The van der Waals surface area contributed by atoms with E-state index in [1.807, 2.05) is 38.1 Å². The molecule has 3 nitrogen and oxygen atoms in total. The van der Waals surface area contributed by atoms with Gasteiger partial charge in [-0.15, -0.1) is 0 Å². The van der Waals surface area contributed by atoms with Crippen molar-refractivity contribution in [3.63, 3.8) is 0 Å². The van der Waals surface area contributed by atoms with Crippen LogP contribution in [0.4, 0.5) is 0 Å². The molecule has 0 spiro atoms. The zero-order chi connectivity index (χ0) is 10.8. The van der Waals surface area contributed by atoms with Crippen LogP contribution in [0.1, 0.15) is 17.1 Å². The summed E-state index contributed by atoms with van der Waals surface area (Å²) in [4.78, 5) is 7.59. The number of imidazole rings is 1. The summed E-state index contributed by atoms with van der Waals surface area (Å²) in [6.07, 6.45) is 0. The van der Waals surface area contributed by atoms with Crippen molar-refractivity contribution in [2.24, 2.45) is 0 Å². The Morgan fingerprint density at radius 1 is 1.20 bits per heavy atom. The maximum absolute atomic E-state index is 8.94. The van der Waals surface area contributed by atoms with E-state index in [1.165, 1.54) is 0 Å². The van der Waals surface area contributed by atoms with Crippen LogP contribution < -0.4 is 0 Å². The number of aryl methyl sites for hydroxylation is 2. The Hall–Kier alpha value is -1.61. The van der Waals surface area contributed by atoms with Crippen LogP contribution in [0.25, 0.3) is 11.3 Å². The number of nitrogens with zero attached hydrogens (tertiary/aromatic N) is 1. The van der Waals surface area contributed by atoms with Gasteiger partial charge in [-0.05, 0) is 19.4 Å². The van der Waals surface area contributed by atoms with E-state index in [9.17, 15) is 0 Å². The van der Waals surface area contributed by atoms with Gasteiger partial charge in [0.05, 0.1) is 12.3 Å². The SMILES string of the molecule is Cc1nc(-c2ccc(CO)cc2)c(C)[nH]1. The first-order chi connectivity index (χ1) is 7.20. The zero-order valence-electron chi connectivity index (χ0n) is 8.91. The molecule has 0 amide bonds. The van der Waals surface area contributed by atoms with Crippen LogP contribution in [0.2, 0.25) is 0 Å². The van der Waals surface area contributed by atoms with E-state index in [1.54, 1.807) is 0 Å². The second-order valence-electron chi connectivity index (χ2n) is 3.65. The third-order valence-corrected chi connectivity index (χ3v) is 2.41. The van der Waals surface area contributed by atoms with Crippen LogP contribution in [-0.2, 0) is 6.61 Å². The Kier molecular flexibility index (Phi) is 2.56. The predicted octanol–water partition coefficient (Wildman–Crippen LogP) is 2.19. The molecule has 2 aromatic rings. The van der Waals surface area contributed by atoms with Gasteiger partial charge in [0.15, 0.2) is 0 Å². The summed E-state index contributed by atoms with van der Waals surface area (Å²) in [6.45, 7) is 4.03. The van der Waals surface area contributed by atoms with Gasteiger partial charge < -0.3 is 10.1 Å². The fourth-order valence-electron chi connectivity index (χ4n) is 1.66. The molecular weight excluding hydrogens is 188 g/mol. The van der Waals surface area contributed by atoms with Crippen molar-refractivity contribution in [1.82, 2.24) is 9.97 Å². The lowest BCUT2D eigenvalue weighted by Gasteiger charge is -2.00. The fraction of sp³-hybridized carbons (Fsp3) is 0.250. The topological polar surface area (TPSA) is 48.9 Å². The molecule has 0 aliphatic heterocycles. The Labute approximate surface area is 88.8 Å². The molecule has 0 saturated carbocycles. The van der Waals surface area contributed by atoms with Crippen molar-refractivity contribution in [1.29, 1.82) is 0 Å². The minimum Gasteiger partial charge on any atom is -0.392 e. The lowest BCUT2D eigenvalue weighted by Crippen LogP contribution is -1.85. The second-order valence-corrected chi connectivity index (χ2v) is 3.65. The average Bonchev–Trinajstić information content (AvgIpc) is 2.58. The monoisotopic (exact) mass is 202 g/mol. The third-order valence-electron chi connectivity index (χ3n) is 2.41. The number of aromatic amines is 1. The normalized spacial score (nSPS) is 10.6. The minimum atomic E-state index is 0.0822. The molecule has 3 heteroatoms. The number of hydrogen-bond acceptors (Lipinski definition) is 2. The van der Waals surface area contributed by atoms with Crippen LogP contribution >= 0.6 is 0 Å². The van der Waals surface area contributed by atoms with E-state index in [2.05, 4.69) is 9.97 Å². The molecule has 0 radical (unpaired) electrons. The van der Waals surface area contributed by atoms with Gasteiger partial charge in [0, 0.05) is 11.3 Å². The van der Waals surface area contributed by atoms with Gasteiger partial charge in [-0.2, -0.15) is 0 Å². The molecule has 1 heterocycles. The van der Waals surface area contributed by atoms with Gasteiger partial charge in [-0.25, -0.2) is 4.98 Å². The molecule has 1 aromatic carbocycles. The lowest BCUT2D eigenvalue weighted by atomic mass is 10.1. The van der Waals surface area contributed by atoms with Gasteiger partial charge in [0.2, 0.25) is 0 Å². The summed E-state index contributed by atoms with van der Waals surface area (Å²) in [7, 11) is 0. The number of aromatic nitrogens is 2. The third kappa shape index (κ3) is 1.92. The average molecular weight is 202 g/mol. The maximum Gasteiger partial charge on any atom is 0.103 e. The van der Waals surface area contributed by atoms with E-state index < -0.39 is 0 Å². The second kappa shape index (κ2) is 3.87. The molecule has 0 aliphatic rings. The van der Waals surface area contributed by atoms with Crippen molar-refractivity contribution in [2.45, 2.75) is 20.5 Å². The summed E-state index contributed by atoms with van der Waals surface area (Å²) >= 11 is 0. The van der Waals surface area contributed by atoms with E-state index in [0.29, 0.717) is 0 Å². The van der Waals surface area contributed by atoms with E-state index >= 15 is 0 Å². The highest BCUT2D eigenvalue weighted by Crippen LogP contribution is 2.21. The minimum absolute atomic E-state index is 0.0822. The molecule has 0 atom stereocenters. The Morgan fingerprint density at radius 2 is 1.87 bits per heavy atom.